The van der Waals surface area contributed by atoms with Crippen LogP contribution in [0.2, 0.25) is 0 Å². The maximum atomic E-state index is 12.3. The first-order valence-electron chi connectivity index (χ1n) is 8.65. The van der Waals surface area contributed by atoms with E-state index < -0.39 is 0 Å². The van der Waals surface area contributed by atoms with Crippen molar-refractivity contribution in [2.75, 3.05) is 6.61 Å². The van der Waals surface area contributed by atoms with Crippen molar-refractivity contribution in [1.82, 2.24) is 5.32 Å². The molecule has 4 nitrogen and oxygen atoms in total. The van der Waals surface area contributed by atoms with Gasteiger partial charge in [0.2, 0.25) is 5.91 Å². The second-order valence-electron chi connectivity index (χ2n) is 6.59. The van der Waals surface area contributed by atoms with Crippen LogP contribution >= 0.6 is 0 Å². The molecule has 1 heterocycles. The molecular formula is C21H23NO3. The highest BCUT2D eigenvalue weighted by atomic mass is 16.5. The smallest absolute Gasteiger partial charge is 0.220 e. The number of hydrogen-bond acceptors (Lipinski definition) is 3. The molecule has 4 heteroatoms. The van der Waals surface area contributed by atoms with Crippen LogP contribution in [0.4, 0.5) is 0 Å². The molecule has 0 spiro atoms. The predicted molar refractivity (Wildman–Crippen MR) is 96.9 cm³/mol. The van der Waals surface area contributed by atoms with Gasteiger partial charge in [0.25, 0.3) is 0 Å². The molecule has 0 bridgehead atoms. The van der Waals surface area contributed by atoms with Crippen molar-refractivity contribution in [3.8, 4) is 5.75 Å². The van der Waals surface area contributed by atoms with Crippen LogP contribution in [0.25, 0.3) is 0 Å². The molecule has 0 radical (unpaired) electrons. The van der Waals surface area contributed by atoms with Gasteiger partial charge in [-0.25, -0.2) is 0 Å². The monoisotopic (exact) mass is 337 g/mol. The average molecular weight is 337 g/mol. The van der Waals surface area contributed by atoms with E-state index in [-0.39, 0.29) is 30.6 Å². The summed E-state index contributed by atoms with van der Waals surface area (Å²) in [6.07, 6.45) is 1.16. The summed E-state index contributed by atoms with van der Waals surface area (Å²) in [4.78, 5) is 24.5. The number of ether oxygens (including phenoxy) is 1. The molecule has 3 rings (SSSR count). The van der Waals surface area contributed by atoms with Gasteiger partial charge in [0.05, 0.1) is 12.6 Å². The minimum absolute atomic E-state index is 0.00151. The summed E-state index contributed by atoms with van der Waals surface area (Å²) < 4.78 is 5.65. The van der Waals surface area contributed by atoms with Gasteiger partial charge in [-0.3, -0.25) is 9.59 Å². The minimum Gasteiger partial charge on any atom is -0.493 e. The number of carbonyl (C=O) groups excluding carboxylic acids is 2. The van der Waals surface area contributed by atoms with Crippen LogP contribution in [0.5, 0.6) is 5.75 Å². The zero-order valence-electron chi connectivity index (χ0n) is 14.7. The molecule has 1 N–H and O–H groups in total. The van der Waals surface area contributed by atoms with Crippen LogP contribution in [0.1, 0.15) is 52.4 Å². The molecule has 1 atom stereocenters. The Kier molecular flexibility index (Phi) is 5.17. The number of nitrogens with one attached hydrogen (secondary N) is 1. The first-order valence-corrected chi connectivity index (χ1v) is 8.65. The number of Topliss-reactive ketones (excluding diaryl/α,β-unsaturated/α-hetero) is 1. The number of carbonyl (C=O) groups is 2. The third kappa shape index (κ3) is 4.27. The highest BCUT2D eigenvalue weighted by Gasteiger charge is 2.23. The highest BCUT2D eigenvalue weighted by Crippen LogP contribution is 2.32. The highest BCUT2D eigenvalue weighted by molar-refractivity contribution is 5.98. The van der Waals surface area contributed by atoms with E-state index >= 15 is 0 Å². The third-order valence-electron chi connectivity index (χ3n) is 4.49. The molecule has 0 fully saturated rings. The predicted octanol–water partition coefficient (Wildman–Crippen LogP) is 3.91. The Morgan fingerprint density at radius 1 is 1.04 bits per heavy atom. The zero-order valence-corrected chi connectivity index (χ0v) is 14.7. The largest absolute Gasteiger partial charge is 0.493 e. The quantitative estimate of drug-likeness (QED) is 0.842. The van der Waals surface area contributed by atoms with Crippen molar-refractivity contribution in [1.29, 1.82) is 0 Å². The summed E-state index contributed by atoms with van der Waals surface area (Å²) in [7, 11) is 0. The lowest BCUT2D eigenvalue weighted by molar-refractivity contribution is -0.122. The van der Waals surface area contributed by atoms with E-state index in [1.54, 1.807) is 0 Å². The van der Waals surface area contributed by atoms with Gasteiger partial charge in [-0.15, -0.1) is 0 Å². The number of hydrogen-bond donors (Lipinski definition) is 1. The maximum Gasteiger partial charge on any atom is 0.220 e. The molecule has 0 aromatic heterocycles. The fourth-order valence-electron chi connectivity index (χ4n) is 3.04. The molecule has 1 amide bonds. The average Bonchev–Trinajstić information content (AvgIpc) is 2.61. The van der Waals surface area contributed by atoms with Crippen LogP contribution in [-0.4, -0.2) is 18.3 Å². The van der Waals surface area contributed by atoms with E-state index in [0.29, 0.717) is 12.2 Å². The Labute approximate surface area is 148 Å². The van der Waals surface area contributed by atoms with Crippen molar-refractivity contribution < 1.29 is 14.3 Å². The van der Waals surface area contributed by atoms with E-state index in [4.69, 9.17) is 4.74 Å². The van der Waals surface area contributed by atoms with Gasteiger partial charge < -0.3 is 10.1 Å². The lowest BCUT2D eigenvalue weighted by Gasteiger charge is -2.27. The van der Waals surface area contributed by atoms with Gasteiger partial charge in [0.15, 0.2) is 5.78 Å². The van der Waals surface area contributed by atoms with Gasteiger partial charge in [-0.05, 0) is 19.9 Å². The Morgan fingerprint density at radius 3 is 2.52 bits per heavy atom. The third-order valence-corrected chi connectivity index (χ3v) is 4.49. The molecule has 2 aromatic rings. The van der Waals surface area contributed by atoms with E-state index in [9.17, 15) is 9.59 Å². The summed E-state index contributed by atoms with van der Waals surface area (Å²) in [5.41, 5.74) is 3.93. The molecule has 130 valence electrons. The lowest BCUT2D eigenvalue weighted by atomic mass is 9.98. The number of amides is 1. The number of aryl methyl sites for hydroxylation is 2. The Hall–Kier alpha value is -2.62. The number of benzene rings is 2. The van der Waals surface area contributed by atoms with E-state index in [0.717, 1.165) is 28.9 Å². The Balaban J connectivity index is 1.58. The minimum atomic E-state index is -0.0974. The van der Waals surface area contributed by atoms with Crippen molar-refractivity contribution in [3.05, 3.63) is 64.7 Å². The lowest BCUT2D eigenvalue weighted by Crippen LogP contribution is -2.32. The Bertz CT molecular complexity index is 780. The topological polar surface area (TPSA) is 55.4 Å². The fourth-order valence-corrected chi connectivity index (χ4v) is 3.04. The second kappa shape index (κ2) is 7.51. The van der Waals surface area contributed by atoms with E-state index in [1.807, 2.05) is 50.2 Å². The summed E-state index contributed by atoms with van der Waals surface area (Å²) in [6, 6.07) is 13.4. The molecule has 0 aliphatic carbocycles. The number of fused-ring (bicyclic) bond motifs is 1. The number of rotatable bonds is 5. The molecule has 0 saturated carbocycles. The van der Waals surface area contributed by atoms with Gasteiger partial charge in [-0.2, -0.15) is 0 Å². The molecule has 1 aliphatic rings. The number of ketones is 1. The van der Waals surface area contributed by atoms with E-state index in [2.05, 4.69) is 11.4 Å². The Morgan fingerprint density at radius 2 is 1.76 bits per heavy atom. The van der Waals surface area contributed by atoms with Gasteiger partial charge in [0, 0.05) is 30.4 Å². The van der Waals surface area contributed by atoms with Crippen LogP contribution in [0, 0.1) is 13.8 Å². The summed E-state index contributed by atoms with van der Waals surface area (Å²) in [6.45, 7) is 4.59. The normalized spacial score (nSPS) is 15.8. The zero-order chi connectivity index (χ0) is 17.8. The molecule has 25 heavy (non-hydrogen) atoms. The molecular weight excluding hydrogens is 314 g/mol. The van der Waals surface area contributed by atoms with Crippen LogP contribution < -0.4 is 10.1 Å². The standard InChI is InChI=1S/C21H23NO3/c1-14-3-6-16(7-4-14)19(23)8-10-21(24)22-18-11-12-25-20-9-5-15(2)13-17(18)20/h3-7,9,13,18H,8,10-12H2,1-2H3,(H,22,24). The molecule has 1 aliphatic heterocycles. The van der Waals surface area contributed by atoms with Crippen LogP contribution in [-0.2, 0) is 4.79 Å². The molecule has 1 unspecified atom stereocenters. The van der Waals surface area contributed by atoms with E-state index in [1.165, 1.54) is 0 Å². The first kappa shape index (κ1) is 17.2. The first-order chi connectivity index (χ1) is 12.0. The summed E-state index contributed by atoms with van der Waals surface area (Å²) in [5.74, 6) is 0.732. The summed E-state index contributed by atoms with van der Waals surface area (Å²) >= 11 is 0. The van der Waals surface area contributed by atoms with Gasteiger partial charge in [-0.1, -0.05) is 47.5 Å². The van der Waals surface area contributed by atoms with Crippen molar-refractivity contribution >= 4 is 11.7 Å². The SMILES string of the molecule is Cc1ccc(C(=O)CCC(=O)NC2CCOc3ccc(C)cc32)cc1. The van der Waals surface area contributed by atoms with Crippen LogP contribution in [0.15, 0.2) is 42.5 Å². The molecule has 2 aromatic carbocycles. The maximum absolute atomic E-state index is 12.3. The second-order valence-corrected chi connectivity index (χ2v) is 6.59. The van der Waals surface area contributed by atoms with Crippen molar-refractivity contribution in [2.24, 2.45) is 0 Å². The molecule has 0 saturated heterocycles. The van der Waals surface area contributed by atoms with Crippen molar-refractivity contribution in [2.45, 2.75) is 39.2 Å². The van der Waals surface area contributed by atoms with Gasteiger partial charge >= 0.3 is 0 Å². The van der Waals surface area contributed by atoms with Crippen LogP contribution in [0.3, 0.4) is 0 Å². The van der Waals surface area contributed by atoms with Gasteiger partial charge in [0.1, 0.15) is 5.75 Å². The summed E-state index contributed by atoms with van der Waals surface area (Å²) in [5, 5.41) is 3.05. The fraction of sp³-hybridized carbons (Fsp3) is 0.333. The van der Waals surface area contributed by atoms with Crippen molar-refractivity contribution in [3.63, 3.8) is 0 Å².